The van der Waals surface area contributed by atoms with Crippen LogP contribution in [-0.4, -0.2) is 18.4 Å². The first-order valence-electron chi connectivity index (χ1n) is 5.52. The minimum Gasteiger partial charge on any atom is -0.307 e. The number of nitrogens with one attached hydrogen (secondary N) is 1. The monoisotopic (exact) mass is 243 g/mol. The van der Waals surface area contributed by atoms with Crippen LogP contribution in [0.5, 0.6) is 0 Å². The predicted molar refractivity (Wildman–Crippen MR) is 56.3 cm³/mol. The highest BCUT2D eigenvalue weighted by Crippen LogP contribution is 2.19. The van der Waals surface area contributed by atoms with E-state index in [1.807, 2.05) is 0 Å². The van der Waals surface area contributed by atoms with Gasteiger partial charge < -0.3 is 5.32 Å². The van der Waals surface area contributed by atoms with Gasteiger partial charge in [0.2, 0.25) is 0 Å². The van der Waals surface area contributed by atoms with E-state index in [0.717, 1.165) is 25.0 Å². The third kappa shape index (κ3) is 2.34. The highest BCUT2D eigenvalue weighted by Gasteiger charge is 2.26. The van der Waals surface area contributed by atoms with Crippen LogP contribution in [0.3, 0.4) is 0 Å². The van der Waals surface area contributed by atoms with Crippen molar-refractivity contribution < 1.29 is 18.0 Å². The molecule has 1 saturated heterocycles. The summed E-state index contributed by atoms with van der Waals surface area (Å²) < 4.78 is 39.1. The van der Waals surface area contributed by atoms with Crippen LogP contribution in [-0.2, 0) is 0 Å². The number of piperidine rings is 1. The van der Waals surface area contributed by atoms with Crippen molar-refractivity contribution in [2.75, 3.05) is 6.54 Å². The SMILES string of the molecule is O=C(c1ccc(F)c(F)c1F)C1CCCCN1. The number of carbonyl (C=O) groups is 1. The second kappa shape index (κ2) is 4.87. The average molecular weight is 243 g/mol. The molecule has 5 heteroatoms. The first-order valence-corrected chi connectivity index (χ1v) is 5.52. The van der Waals surface area contributed by atoms with E-state index < -0.39 is 29.3 Å². The maximum Gasteiger partial charge on any atom is 0.195 e. The van der Waals surface area contributed by atoms with E-state index in [1.165, 1.54) is 0 Å². The highest BCUT2D eigenvalue weighted by atomic mass is 19.2. The summed E-state index contributed by atoms with van der Waals surface area (Å²) >= 11 is 0. The lowest BCUT2D eigenvalue weighted by Gasteiger charge is -2.22. The lowest BCUT2D eigenvalue weighted by Crippen LogP contribution is -2.40. The first kappa shape index (κ1) is 12.1. The molecule has 1 aromatic carbocycles. The number of carbonyl (C=O) groups excluding carboxylic acids is 1. The first-order chi connectivity index (χ1) is 8.11. The van der Waals surface area contributed by atoms with Crippen molar-refractivity contribution >= 4 is 5.78 Å². The van der Waals surface area contributed by atoms with Crippen LogP contribution in [0.4, 0.5) is 13.2 Å². The number of benzene rings is 1. The summed E-state index contributed by atoms with van der Waals surface area (Å²) in [6, 6.07) is 1.27. The standard InChI is InChI=1S/C12H12F3NO/c13-8-5-4-7(10(14)11(8)15)12(17)9-3-1-2-6-16-9/h4-5,9,16H,1-3,6H2. The predicted octanol–water partition coefficient (Wildman–Crippen LogP) is 2.43. The smallest absolute Gasteiger partial charge is 0.195 e. The fraction of sp³-hybridized carbons (Fsp3) is 0.417. The molecule has 0 saturated carbocycles. The van der Waals surface area contributed by atoms with Crippen LogP contribution in [0.1, 0.15) is 29.6 Å². The lowest BCUT2D eigenvalue weighted by atomic mass is 9.96. The van der Waals surface area contributed by atoms with Gasteiger partial charge in [-0.1, -0.05) is 6.42 Å². The number of ketones is 1. The van der Waals surface area contributed by atoms with Crippen molar-refractivity contribution in [3.05, 3.63) is 35.1 Å². The van der Waals surface area contributed by atoms with Gasteiger partial charge in [-0.05, 0) is 31.5 Å². The number of rotatable bonds is 2. The number of halogens is 3. The van der Waals surface area contributed by atoms with Crippen LogP contribution in [0.15, 0.2) is 12.1 Å². The number of hydrogen-bond donors (Lipinski definition) is 1. The van der Waals surface area contributed by atoms with E-state index in [1.54, 1.807) is 0 Å². The third-order valence-corrected chi connectivity index (χ3v) is 2.93. The molecule has 1 aromatic rings. The molecular formula is C12H12F3NO. The van der Waals surface area contributed by atoms with Gasteiger partial charge in [-0.15, -0.1) is 0 Å². The fourth-order valence-electron chi connectivity index (χ4n) is 1.98. The molecule has 1 N–H and O–H groups in total. The molecule has 1 aliphatic heterocycles. The van der Waals surface area contributed by atoms with E-state index in [4.69, 9.17) is 0 Å². The van der Waals surface area contributed by atoms with Crippen LogP contribution in [0.25, 0.3) is 0 Å². The molecule has 1 heterocycles. The van der Waals surface area contributed by atoms with Gasteiger partial charge in [-0.3, -0.25) is 4.79 Å². The van der Waals surface area contributed by atoms with Gasteiger partial charge in [-0.2, -0.15) is 0 Å². The maximum atomic E-state index is 13.4. The Balaban J connectivity index is 2.27. The molecule has 2 nitrogen and oxygen atoms in total. The molecule has 1 fully saturated rings. The molecule has 0 aromatic heterocycles. The Morgan fingerprint density at radius 1 is 1.18 bits per heavy atom. The van der Waals surface area contributed by atoms with E-state index in [0.29, 0.717) is 13.0 Å². The summed E-state index contributed by atoms with van der Waals surface area (Å²) in [7, 11) is 0. The molecule has 1 atom stereocenters. The van der Waals surface area contributed by atoms with Gasteiger partial charge in [0.15, 0.2) is 23.2 Å². The average Bonchev–Trinajstić information content (AvgIpc) is 2.36. The van der Waals surface area contributed by atoms with Crippen molar-refractivity contribution in [1.82, 2.24) is 5.32 Å². The van der Waals surface area contributed by atoms with E-state index in [-0.39, 0.29) is 5.56 Å². The van der Waals surface area contributed by atoms with Gasteiger partial charge in [0.1, 0.15) is 0 Å². The Labute approximate surface area is 96.8 Å². The summed E-state index contributed by atoms with van der Waals surface area (Å²) in [6.45, 7) is 0.682. The molecule has 92 valence electrons. The van der Waals surface area contributed by atoms with Gasteiger partial charge in [0.05, 0.1) is 11.6 Å². The topological polar surface area (TPSA) is 29.1 Å². The van der Waals surface area contributed by atoms with Crippen molar-refractivity contribution in [3.63, 3.8) is 0 Å². The number of hydrogen-bond acceptors (Lipinski definition) is 2. The van der Waals surface area contributed by atoms with Crippen LogP contribution in [0.2, 0.25) is 0 Å². The normalized spacial score (nSPS) is 20.3. The Bertz CT molecular complexity index is 442. The minimum absolute atomic E-state index is 0.386. The Morgan fingerprint density at radius 3 is 2.59 bits per heavy atom. The minimum atomic E-state index is -1.59. The molecule has 17 heavy (non-hydrogen) atoms. The summed E-state index contributed by atoms with van der Waals surface area (Å²) in [5.74, 6) is -4.79. The Kier molecular flexibility index (Phi) is 3.47. The number of Topliss-reactive ketones (excluding diaryl/α,β-unsaturated/α-hetero) is 1. The van der Waals surface area contributed by atoms with E-state index in [9.17, 15) is 18.0 Å². The second-order valence-electron chi connectivity index (χ2n) is 4.09. The third-order valence-electron chi connectivity index (χ3n) is 2.93. The van der Waals surface area contributed by atoms with Crippen LogP contribution in [0, 0.1) is 17.5 Å². The molecule has 0 bridgehead atoms. The zero-order chi connectivity index (χ0) is 12.4. The largest absolute Gasteiger partial charge is 0.307 e. The molecule has 2 rings (SSSR count). The zero-order valence-electron chi connectivity index (χ0n) is 9.10. The molecular weight excluding hydrogens is 231 g/mol. The van der Waals surface area contributed by atoms with Gasteiger partial charge in [0, 0.05) is 0 Å². The molecule has 0 aliphatic carbocycles. The summed E-state index contributed by atoms with van der Waals surface area (Å²) in [5.41, 5.74) is -0.386. The summed E-state index contributed by atoms with van der Waals surface area (Å²) in [5, 5.41) is 2.95. The highest BCUT2D eigenvalue weighted by molar-refractivity contribution is 6.00. The van der Waals surface area contributed by atoms with Crippen LogP contribution >= 0.6 is 0 Å². The fourth-order valence-corrected chi connectivity index (χ4v) is 1.98. The summed E-state index contributed by atoms with van der Waals surface area (Å²) in [6.07, 6.45) is 2.43. The molecule has 1 aliphatic rings. The second-order valence-corrected chi connectivity index (χ2v) is 4.09. The summed E-state index contributed by atoms with van der Waals surface area (Å²) in [4.78, 5) is 11.9. The lowest BCUT2D eigenvalue weighted by molar-refractivity contribution is 0.0922. The quantitative estimate of drug-likeness (QED) is 0.638. The van der Waals surface area contributed by atoms with E-state index >= 15 is 0 Å². The van der Waals surface area contributed by atoms with Gasteiger partial charge >= 0.3 is 0 Å². The molecule has 0 amide bonds. The molecule has 0 radical (unpaired) electrons. The van der Waals surface area contributed by atoms with Crippen molar-refractivity contribution in [3.8, 4) is 0 Å². The Morgan fingerprint density at radius 2 is 1.94 bits per heavy atom. The van der Waals surface area contributed by atoms with Crippen LogP contribution < -0.4 is 5.32 Å². The van der Waals surface area contributed by atoms with Gasteiger partial charge in [-0.25, -0.2) is 13.2 Å². The van der Waals surface area contributed by atoms with Gasteiger partial charge in [0.25, 0.3) is 0 Å². The van der Waals surface area contributed by atoms with E-state index in [2.05, 4.69) is 5.32 Å². The van der Waals surface area contributed by atoms with Crippen molar-refractivity contribution in [2.45, 2.75) is 25.3 Å². The van der Waals surface area contributed by atoms with Crippen molar-refractivity contribution in [1.29, 1.82) is 0 Å². The maximum absolute atomic E-state index is 13.4. The van der Waals surface area contributed by atoms with Crippen molar-refractivity contribution in [2.24, 2.45) is 0 Å². The molecule has 0 spiro atoms. The molecule has 1 unspecified atom stereocenters. The Hall–Kier alpha value is -1.36. The zero-order valence-corrected chi connectivity index (χ0v) is 9.10.